The second-order valence-corrected chi connectivity index (χ2v) is 12.3. The number of carbonyl (C=O) groups excluding carboxylic acids is 1. The van der Waals surface area contributed by atoms with E-state index in [0.717, 1.165) is 55.4 Å². The van der Waals surface area contributed by atoms with E-state index in [1.165, 1.54) is 23.3 Å². The highest BCUT2D eigenvalue weighted by molar-refractivity contribution is 5.99. The first-order valence-electron chi connectivity index (χ1n) is 14.8. The summed E-state index contributed by atoms with van der Waals surface area (Å²) in [7, 11) is 1.75. The van der Waals surface area contributed by atoms with Crippen LogP contribution in [0.4, 0.5) is 4.39 Å². The van der Waals surface area contributed by atoms with Gasteiger partial charge in [0.1, 0.15) is 5.82 Å². The van der Waals surface area contributed by atoms with Gasteiger partial charge >= 0.3 is 0 Å². The zero-order valence-electron chi connectivity index (χ0n) is 25.3. The Morgan fingerprint density at radius 3 is 2.52 bits per heavy atom. The van der Waals surface area contributed by atoms with Crippen molar-refractivity contribution in [3.63, 3.8) is 0 Å². The Hall–Kier alpha value is -4.02. The van der Waals surface area contributed by atoms with Crippen LogP contribution in [0.15, 0.2) is 67.1 Å². The average Bonchev–Trinajstić information content (AvgIpc) is 3.39. The van der Waals surface area contributed by atoms with Gasteiger partial charge < -0.3 is 14.4 Å². The van der Waals surface area contributed by atoms with Gasteiger partial charge in [-0.2, -0.15) is 5.26 Å². The fraction of sp³-hybridized carbons (Fsp3) is 0.400. The van der Waals surface area contributed by atoms with Crippen molar-refractivity contribution >= 4 is 16.8 Å². The molecule has 0 N–H and O–H groups in total. The van der Waals surface area contributed by atoms with Crippen LogP contribution in [0.5, 0.6) is 0 Å². The highest BCUT2D eigenvalue weighted by Crippen LogP contribution is 2.36. The molecule has 1 aliphatic rings. The number of amides is 1. The van der Waals surface area contributed by atoms with E-state index in [4.69, 9.17) is 0 Å². The summed E-state index contributed by atoms with van der Waals surface area (Å²) in [5.41, 5.74) is 5.05. The lowest BCUT2D eigenvalue weighted by Crippen LogP contribution is -2.34. The van der Waals surface area contributed by atoms with E-state index in [1.807, 2.05) is 44.7 Å². The van der Waals surface area contributed by atoms with E-state index in [1.54, 1.807) is 18.0 Å². The lowest BCUT2D eigenvalue weighted by Gasteiger charge is -2.32. The Morgan fingerprint density at radius 2 is 1.86 bits per heavy atom. The second kappa shape index (κ2) is 12.1. The van der Waals surface area contributed by atoms with Gasteiger partial charge in [0.15, 0.2) is 0 Å². The summed E-state index contributed by atoms with van der Waals surface area (Å²) in [5, 5.41) is 10.5. The summed E-state index contributed by atoms with van der Waals surface area (Å²) >= 11 is 0. The number of rotatable bonds is 8. The van der Waals surface area contributed by atoms with Crippen LogP contribution >= 0.6 is 0 Å². The van der Waals surface area contributed by atoms with Crippen LogP contribution in [-0.2, 0) is 11.8 Å². The molecule has 0 atom stereocenters. The minimum Gasteiger partial charge on any atom is -0.339 e. The van der Waals surface area contributed by atoms with Crippen molar-refractivity contribution in [3.8, 4) is 11.8 Å². The van der Waals surface area contributed by atoms with Crippen LogP contribution in [0, 0.1) is 17.1 Å². The molecule has 4 aromatic rings. The Bertz CT molecular complexity index is 1610. The van der Waals surface area contributed by atoms with Gasteiger partial charge in [-0.3, -0.25) is 9.78 Å². The van der Waals surface area contributed by atoms with Crippen LogP contribution in [0.25, 0.3) is 16.6 Å². The summed E-state index contributed by atoms with van der Waals surface area (Å²) < 4.78 is 16.4. The first-order chi connectivity index (χ1) is 20.1. The largest absolute Gasteiger partial charge is 0.339 e. The van der Waals surface area contributed by atoms with Crippen molar-refractivity contribution in [2.24, 2.45) is 0 Å². The molecule has 0 unspecified atom stereocenters. The van der Waals surface area contributed by atoms with E-state index < -0.39 is 11.2 Å². The van der Waals surface area contributed by atoms with Gasteiger partial charge in [0.2, 0.25) is 0 Å². The number of likely N-dealkylation sites (tertiary alicyclic amines) is 1. The number of nitrogens with zero attached hydrogens (tertiary/aromatic N) is 5. The minimum absolute atomic E-state index is 0.00694. The number of carbonyl (C=O) groups is 1. The maximum Gasteiger partial charge on any atom is 0.256 e. The van der Waals surface area contributed by atoms with Gasteiger partial charge in [0.05, 0.1) is 34.4 Å². The molecule has 218 valence electrons. The summed E-state index contributed by atoms with van der Waals surface area (Å²) in [6, 6.07) is 17.3. The number of fused-ring (bicyclic) bond motifs is 1. The topological polar surface area (TPSA) is 65.2 Å². The predicted molar refractivity (Wildman–Crippen MR) is 165 cm³/mol. The molecule has 1 aliphatic heterocycles. The van der Waals surface area contributed by atoms with Crippen LogP contribution < -0.4 is 0 Å². The van der Waals surface area contributed by atoms with Gasteiger partial charge in [0, 0.05) is 37.4 Å². The Labute approximate surface area is 248 Å². The number of piperidine rings is 1. The van der Waals surface area contributed by atoms with Gasteiger partial charge in [-0.15, -0.1) is 0 Å². The van der Waals surface area contributed by atoms with Crippen molar-refractivity contribution in [2.75, 3.05) is 26.7 Å². The molecule has 6 nitrogen and oxygen atoms in total. The van der Waals surface area contributed by atoms with Gasteiger partial charge in [-0.1, -0.05) is 24.3 Å². The van der Waals surface area contributed by atoms with Crippen LogP contribution in [0.3, 0.4) is 0 Å². The van der Waals surface area contributed by atoms with Crippen molar-refractivity contribution in [1.29, 1.82) is 5.26 Å². The molecule has 1 saturated heterocycles. The molecule has 0 aliphatic carbocycles. The normalized spacial score (nSPS) is 14.8. The SMILES string of the molecule is CC(C)N(C)C(=O)c1cc(F)ccc1-n1cc(C2CCN(CCc3ccc(C(C)(C)C#N)cc3)CC2)c2ccncc21. The third-order valence-electron chi connectivity index (χ3n) is 8.88. The van der Waals surface area contributed by atoms with E-state index in [0.29, 0.717) is 17.2 Å². The van der Waals surface area contributed by atoms with Crippen LogP contribution in [0.1, 0.15) is 73.5 Å². The van der Waals surface area contributed by atoms with Crippen molar-refractivity contribution in [2.45, 2.75) is 64.3 Å². The Morgan fingerprint density at radius 1 is 1.14 bits per heavy atom. The first-order valence-corrected chi connectivity index (χ1v) is 14.8. The third kappa shape index (κ3) is 5.96. The maximum atomic E-state index is 14.4. The maximum absolute atomic E-state index is 14.4. The van der Waals surface area contributed by atoms with Crippen LogP contribution in [0.2, 0.25) is 0 Å². The third-order valence-corrected chi connectivity index (χ3v) is 8.88. The molecule has 7 heteroatoms. The number of hydrogen-bond donors (Lipinski definition) is 0. The molecule has 5 rings (SSSR count). The molecule has 1 amide bonds. The first kappa shape index (κ1) is 29.5. The second-order valence-electron chi connectivity index (χ2n) is 12.3. The number of aromatic nitrogens is 2. The number of hydrogen-bond acceptors (Lipinski definition) is 4. The molecular formula is C35H40FN5O. The number of benzene rings is 2. The molecule has 0 saturated carbocycles. The van der Waals surface area contributed by atoms with Crippen molar-refractivity contribution in [1.82, 2.24) is 19.4 Å². The Balaban J connectivity index is 1.33. The Kier molecular flexibility index (Phi) is 8.47. The van der Waals surface area contributed by atoms with Crippen molar-refractivity contribution in [3.05, 3.63) is 95.2 Å². The average molecular weight is 566 g/mol. The predicted octanol–water partition coefficient (Wildman–Crippen LogP) is 6.87. The molecular weight excluding hydrogens is 525 g/mol. The number of halogens is 1. The standard InChI is InChI=1S/C35H40FN5O/c1-24(2)39(5)34(42)30-20-28(36)10-11-32(30)41-22-31(29-12-16-38-21-33(29)41)26-14-18-40(19-15-26)17-13-25-6-8-27(9-7-25)35(3,4)23-37/h6-12,16,20-22,24,26H,13-15,17-19H2,1-5H3. The van der Waals surface area contributed by atoms with E-state index in [2.05, 4.69) is 52.5 Å². The molecule has 0 bridgehead atoms. The highest BCUT2D eigenvalue weighted by Gasteiger charge is 2.26. The monoisotopic (exact) mass is 565 g/mol. The fourth-order valence-electron chi connectivity index (χ4n) is 5.85. The minimum atomic E-state index is -0.474. The molecule has 42 heavy (non-hydrogen) atoms. The summed E-state index contributed by atoms with van der Waals surface area (Å²) in [5.74, 6) is -0.246. The highest BCUT2D eigenvalue weighted by atomic mass is 19.1. The van der Waals surface area contributed by atoms with E-state index >= 15 is 0 Å². The summed E-state index contributed by atoms with van der Waals surface area (Å²) in [4.78, 5) is 21.9. The quantitative estimate of drug-likeness (QED) is 0.234. The van der Waals surface area contributed by atoms with Crippen LogP contribution in [-0.4, -0.2) is 58.0 Å². The number of nitriles is 1. The lowest BCUT2D eigenvalue weighted by molar-refractivity contribution is 0.0754. The van der Waals surface area contributed by atoms with Gasteiger partial charge in [0.25, 0.3) is 5.91 Å². The fourth-order valence-corrected chi connectivity index (χ4v) is 5.85. The lowest BCUT2D eigenvalue weighted by atomic mass is 9.86. The van der Waals surface area contributed by atoms with Gasteiger partial charge in [-0.05, 0) is 107 Å². The van der Waals surface area contributed by atoms with E-state index in [9.17, 15) is 14.4 Å². The summed E-state index contributed by atoms with van der Waals surface area (Å²) in [6.07, 6.45) is 8.85. The molecule has 1 fully saturated rings. The molecule has 0 radical (unpaired) electrons. The van der Waals surface area contributed by atoms with Crippen molar-refractivity contribution < 1.29 is 9.18 Å². The molecule has 0 spiro atoms. The number of pyridine rings is 1. The summed E-state index contributed by atoms with van der Waals surface area (Å²) in [6.45, 7) is 10.8. The zero-order chi connectivity index (χ0) is 30.0. The van der Waals surface area contributed by atoms with Gasteiger partial charge in [-0.25, -0.2) is 4.39 Å². The molecule has 2 aromatic carbocycles. The van der Waals surface area contributed by atoms with E-state index in [-0.39, 0.29) is 11.9 Å². The zero-order valence-corrected chi connectivity index (χ0v) is 25.3. The smallest absolute Gasteiger partial charge is 0.256 e. The molecule has 2 aromatic heterocycles. The molecule has 3 heterocycles.